The van der Waals surface area contributed by atoms with Crippen LogP contribution in [0.15, 0.2) is 53.3 Å². The van der Waals surface area contributed by atoms with Crippen LogP contribution < -0.4 is 31.7 Å². The van der Waals surface area contributed by atoms with Crippen molar-refractivity contribution in [1.82, 2.24) is 29.8 Å². The summed E-state index contributed by atoms with van der Waals surface area (Å²) in [6.07, 6.45) is -0.475. The summed E-state index contributed by atoms with van der Waals surface area (Å²) in [6, 6.07) is 15.2. The van der Waals surface area contributed by atoms with Crippen molar-refractivity contribution in [1.29, 1.82) is 0 Å². The first-order chi connectivity index (χ1) is 20.0. The average Bonchev–Trinajstić information content (AvgIpc) is 3.19. The molecule has 0 aliphatic carbocycles. The molecule has 0 saturated heterocycles. The number of ether oxygens (including phenoxy) is 2. The number of carbonyl (C=O) groups excluding carboxylic acids is 1. The van der Waals surface area contributed by atoms with Crippen molar-refractivity contribution in [3.8, 4) is 11.6 Å². The Morgan fingerprint density at radius 1 is 0.881 bits per heavy atom. The third-order valence-electron chi connectivity index (χ3n) is 5.87. The van der Waals surface area contributed by atoms with Gasteiger partial charge in [0.2, 0.25) is 23.7 Å². The Kier molecular flexibility index (Phi) is 9.15. The number of aromatic nitrogens is 5. The lowest BCUT2D eigenvalue weighted by Crippen LogP contribution is -2.32. The fourth-order valence-corrected chi connectivity index (χ4v) is 3.67. The minimum absolute atomic E-state index is 0.0522. The highest BCUT2D eigenvalue weighted by atomic mass is 16.6. The van der Waals surface area contributed by atoms with Gasteiger partial charge in [-0.15, -0.1) is 0 Å². The third-order valence-corrected chi connectivity index (χ3v) is 5.87. The van der Waals surface area contributed by atoms with Crippen LogP contribution in [0, 0.1) is 0 Å². The molecule has 0 spiro atoms. The molecule has 14 heteroatoms. The fraction of sp³-hybridized carbons (Fsp3) is 0.321. The van der Waals surface area contributed by atoms with Gasteiger partial charge in [-0.25, -0.2) is 9.59 Å². The molecule has 2 heterocycles. The number of aromatic amines is 1. The minimum atomic E-state index is -0.562. The molecule has 0 atom stereocenters. The Morgan fingerprint density at radius 3 is 1.86 bits per heavy atom. The van der Waals surface area contributed by atoms with Gasteiger partial charge in [0.05, 0.1) is 7.11 Å². The quantitative estimate of drug-likeness (QED) is 0.153. The lowest BCUT2D eigenvalue weighted by atomic mass is 10.1. The number of hydrogen-bond acceptors (Lipinski definition) is 11. The van der Waals surface area contributed by atoms with E-state index in [9.17, 15) is 14.7 Å². The lowest BCUT2D eigenvalue weighted by Gasteiger charge is -2.19. The number of anilines is 4. The summed E-state index contributed by atoms with van der Waals surface area (Å²) >= 11 is 0. The van der Waals surface area contributed by atoms with Gasteiger partial charge in [0.25, 0.3) is 0 Å². The van der Waals surface area contributed by atoms with Crippen molar-refractivity contribution in [2.24, 2.45) is 7.05 Å². The first-order valence-electron chi connectivity index (χ1n) is 13.2. The Morgan fingerprint density at radius 2 is 1.38 bits per heavy atom. The predicted octanol–water partition coefficient (Wildman–Crippen LogP) is 3.61. The van der Waals surface area contributed by atoms with E-state index in [1.807, 2.05) is 69.3 Å². The number of nitrogens with zero attached hydrogens (tertiary/aromatic N) is 4. The first kappa shape index (κ1) is 29.7. The van der Waals surface area contributed by atoms with Crippen LogP contribution >= 0.6 is 0 Å². The SMILES string of the molecule is COc1ccc(CNc2nc(NCc3ccc(CNC(=O)OC(C)(C)C)cc3)nc(Nc3[nH]c(=O)n(C)c3O)n2)cc1. The van der Waals surface area contributed by atoms with Crippen LogP contribution in [0.4, 0.5) is 28.5 Å². The van der Waals surface area contributed by atoms with Crippen molar-refractivity contribution in [3.05, 3.63) is 75.7 Å². The maximum atomic E-state index is 11.9. The molecule has 0 fully saturated rings. The van der Waals surface area contributed by atoms with Crippen molar-refractivity contribution < 1.29 is 19.4 Å². The molecule has 0 aliphatic heterocycles. The zero-order valence-corrected chi connectivity index (χ0v) is 24.1. The van der Waals surface area contributed by atoms with Gasteiger partial charge in [-0.3, -0.25) is 9.55 Å². The van der Waals surface area contributed by atoms with Gasteiger partial charge >= 0.3 is 11.8 Å². The highest BCUT2D eigenvalue weighted by Crippen LogP contribution is 2.22. The molecule has 2 aromatic heterocycles. The zero-order valence-electron chi connectivity index (χ0n) is 24.1. The van der Waals surface area contributed by atoms with E-state index < -0.39 is 17.4 Å². The molecule has 0 radical (unpaired) electrons. The van der Waals surface area contributed by atoms with Gasteiger partial charge in [-0.2, -0.15) is 15.0 Å². The van der Waals surface area contributed by atoms with Gasteiger partial charge in [-0.1, -0.05) is 36.4 Å². The maximum Gasteiger partial charge on any atom is 0.407 e. The van der Waals surface area contributed by atoms with E-state index in [0.717, 1.165) is 27.0 Å². The molecule has 14 nitrogen and oxygen atoms in total. The van der Waals surface area contributed by atoms with E-state index in [1.54, 1.807) is 7.11 Å². The second-order valence-electron chi connectivity index (χ2n) is 10.3. The Balaban J connectivity index is 1.44. The van der Waals surface area contributed by atoms with E-state index in [-0.39, 0.29) is 29.5 Å². The Bertz CT molecular complexity index is 1560. The number of alkyl carbamates (subject to hydrolysis) is 1. The second kappa shape index (κ2) is 12.9. The largest absolute Gasteiger partial charge is 0.497 e. The number of amides is 1. The topological polar surface area (TPSA) is 180 Å². The number of carbonyl (C=O) groups is 1. The number of aromatic hydroxyl groups is 1. The van der Waals surface area contributed by atoms with Gasteiger partial charge < -0.3 is 35.8 Å². The van der Waals surface area contributed by atoms with Gasteiger partial charge in [0, 0.05) is 26.7 Å². The fourth-order valence-electron chi connectivity index (χ4n) is 3.67. The molecule has 1 amide bonds. The summed E-state index contributed by atoms with van der Waals surface area (Å²) < 4.78 is 11.5. The van der Waals surface area contributed by atoms with E-state index in [4.69, 9.17) is 9.47 Å². The van der Waals surface area contributed by atoms with Crippen molar-refractivity contribution >= 4 is 29.8 Å². The highest BCUT2D eigenvalue weighted by molar-refractivity contribution is 5.67. The lowest BCUT2D eigenvalue weighted by molar-refractivity contribution is 0.0523. The first-order valence-corrected chi connectivity index (χ1v) is 13.2. The molecule has 0 unspecified atom stereocenters. The number of methoxy groups -OCH3 is 1. The molecule has 222 valence electrons. The van der Waals surface area contributed by atoms with Crippen LogP contribution in [0.25, 0.3) is 0 Å². The predicted molar refractivity (Wildman–Crippen MR) is 158 cm³/mol. The number of nitrogens with one attached hydrogen (secondary N) is 5. The zero-order chi connectivity index (χ0) is 30.3. The van der Waals surface area contributed by atoms with Gasteiger partial charge in [-0.05, 0) is 49.6 Å². The monoisotopic (exact) mass is 577 g/mol. The molecular formula is C28H35N9O5. The van der Waals surface area contributed by atoms with Gasteiger partial charge in [0.1, 0.15) is 11.4 Å². The number of benzene rings is 2. The van der Waals surface area contributed by atoms with E-state index in [1.165, 1.54) is 7.05 Å². The van der Waals surface area contributed by atoms with Crippen molar-refractivity contribution in [2.45, 2.75) is 46.0 Å². The second-order valence-corrected chi connectivity index (χ2v) is 10.3. The Labute approximate surface area is 242 Å². The summed E-state index contributed by atoms with van der Waals surface area (Å²) in [5, 5.41) is 22.2. The standard InChI is InChI=1S/C28H35N9O5/c1-28(2,3)42-27(40)31-16-18-8-6-17(7-9-18)14-29-23-34-24(30-15-19-10-12-20(41-5)13-11-19)36-25(35-23)32-21-22(38)37(4)26(39)33-21/h6-13,38H,14-16H2,1-5H3,(H,31,40)(H,33,39)(H3,29,30,32,34,35,36). The molecular weight excluding hydrogens is 542 g/mol. The van der Waals surface area contributed by atoms with Crippen molar-refractivity contribution in [3.63, 3.8) is 0 Å². The normalized spacial score (nSPS) is 11.1. The van der Waals surface area contributed by atoms with Crippen LogP contribution in [0.1, 0.15) is 37.5 Å². The van der Waals surface area contributed by atoms with Crippen LogP contribution in [0.2, 0.25) is 0 Å². The summed E-state index contributed by atoms with van der Waals surface area (Å²) in [7, 11) is 3.04. The smallest absolute Gasteiger partial charge is 0.407 e. The molecule has 0 aliphatic rings. The number of hydrogen-bond donors (Lipinski definition) is 6. The molecule has 42 heavy (non-hydrogen) atoms. The van der Waals surface area contributed by atoms with Crippen LogP contribution in [0.5, 0.6) is 11.6 Å². The maximum absolute atomic E-state index is 11.9. The molecule has 2 aromatic carbocycles. The molecule has 4 aromatic rings. The number of rotatable bonds is 11. The molecule has 0 saturated carbocycles. The minimum Gasteiger partial charge on any atom is -0.497 e. The van der Waals surface area contributed by atoms with E-state index in [2.05, 4.69) is 41.2 Å². The average molecular weight is 578 g/mol. The van der Waals surface area contributed by atoms with Crippen LogP contribution in [0.3, 0.4) is 0 Å². The van der Waals surface area contributed by atoms with Gasteiger partial charge in [0.15, 0.2) is 5.82 Å². The molecule has 6 N–H and O–H groups in total. The summed E-state index contributed by atoms with van der Waals surface area (Å²) in [5.41, 5.74) is 1.78. The van der Waals surface area contributed by atoms with Crippen molar-refractivity contribution in [2.75, 3.05) is 23.1 Å². The van der Waals surface area contributed by atoms with Crippen LogP contribution in [-0.2, 0) is 31.4 Å². The number of H-pyrrole nitrogens is 1. The highest BCUT2D eigenvalue weighted by Gasteiger charge is 2.16. The molecule has 4 rings (SSSR count). The van der Waals surface area contributed by atoms with E-state index in [0.29, 0.717) is 19.6 Å². The van der Waals surface area contributed by atoms with Crippen LogP contribution in [-0.4, -0.2) is 48.4 Å². The Hall–Kier alpha value is -5.27. The summed E-state index contributed by atoms with van der Waals surface area (Å²) in [6.45, 7) is 6.60. The third kappa shape index (κ3) is 8.36. The molecule has 0 bridgehead atoms. The number of imidazole rings is 1. The summed E-state index contributed by atoms with van der Waals surface area (Å²) in [5.74, 6) is 1.15. The summed E-state index contributed by atoms with van der Waals surface area (Å²) in [4.78, 5) is 39.6. The van der Waals surface area contributed by atoms with E-state index >= 15 is 0 Å².